The Balaban J connectivity index is 2.43. The van der Waals surface area contributed by atoms with E-state index in [4.69, 9.17) is 5.11 Å². The predicted molar refractivity (Wildman–Crippen MR) is 71.9 cm³/mol. The van der Waals surface area contributed by atoms with Crippen LogP contribution in [-0.4, -0.2) is 23.1 Å². The molecule has 0 spiro atoms. The number of hydrogen-bond donors (Lipinski definition) is 3. The van der Waals surface area contributed by atoms with Gasteiger partial charge < -0.3 is 15.7 Å². The van der Waals surface area contributed by atoms with E-state index in [-0.39, 0.29) is 0 Å². The summed E-state index contributed by atoms with van der Waals surface area (Å²) < 4.78 is 0.973. The molecule has 1 rings (SSSR count). The van der Waals surface area contributed by atoms with E-state index in [1.165, 1.54) is 13.1 Å². The van der Waals surface area contributed by atoms with Crippen LogP contribution in [0.25, 0.3) is 6.08 Å². The molecule has 1 aromatic rings. The number of halogens is 1. The zero-order valence-electron chi connectivity index (χ0n) is 9.68. The highest BCUT2D eigenvalue weighted by Gasteiger charge is 2.12. The molecule has 0 aromatic heterocycles. The smallest absolute Gasteiger partial charge is 0.325 e. The monoisotopic (exact) mass is 312 g/mol. The second kappa shape index (κ2) is 6.80. The van der Waals surface area contributed by atoms with Gasteiger partial charge in [-0.2, -0.15) is 0 Å². The SMILES string of the molecule is CC(NC(=O)N/C=C/c1ccc(Br)cc1)C(=O)O. The maximum atomic E-state index is 11.3. The van der Waals surface area contributed by atoms with E-state index >= 15 is 0 Å². The van der Waals surface area contributed by atoms with Crippen molar-refractivity contribution in [2.75, 3.05) is 0 Å². The number of carboxylic acid groups (broad SMARTS) is 1. The molecule has 0 heterocycles. The lowest BCUT2D eigenvalue weighted by Gasteiger charge is -2.08. The van der Waals surface area contributed by atoms with E-state index in [0.717, 1.165) is 10.0 Å². The minimum Gasteiger partial charge on any atom is -0.480 e. The van der Waals surface area contributed by atoms with Gasteiger partial charge in [0.2, 0.25) is 0 Å². The van der Waals surface area contributed by atoms with Gasteiger partial charge in [0, 0.05) is 10.7 Å². The molecule has 96 valence electrons. The first-order valence-corrected chi connectivity index (χ1v) is 6.00. The summed E-state index contributed by atoms with van der Waals surface area (Å²) in [7, 11) is 0. The van der Waals surface area contributed by atoms with Crippen molar-refractivity contribution in [3.63, 3.8) is 0 Å². The van der Waals surface area contributed by atoms with Gasteiger partial charge in [0.25, 0.3) is 0 Å². The van der Waals surface area contributed by atoms with Gasteiger partial charge in [-0.15, -0.1) is 0 Å². The Morgan fingerprint density at radius 3 is 2.50 bits per heavy atom. The van der Waals surface area contributed by atoms with E-state index in [1.807, 2.05) is 24.3 Å². The molecule has 0 aliphatic heterocycles. The number of carboxylic acids is 1. The highest BCUT2D eigenvalue weighted by atomic mass is 79.9. The van der Waals surface area contributed by atoms with E-state index in [2.05, 4.69) is 26.6 Å². The molecule has 0 bridgehead atoms. The molecular formula is C12H13BrN2O3. The Labute approximate surface area is 113 Å². The van der Waals surface area contributed by atoms with Gasteiger partial charge in [0.05, 0.1) is 0 Å². The van der Waals surface area contributed by atoms with Gasteiger partial charge in [-0.05, 0) is 30.7 Å². The number of benzene rings is 1. The molecule has 0 saturated heterocycles. The summed E-state index contributed by atoms with van der Waals surface area (Å²) >= 11 is 3.32. The van der Waals surface area contributed by atoms with E-state index in [1.54, 1.807) is 6.08 Å². The molecule has 0 aliphatic carbocycles. The zero-order valence-corrected chi connectivity index (χ0v) is 11.3. The first-order valence-electron chi connectivity index (χ1n) is 5.21. The van der Waals surface area contributed by atoms with E-state index in [9.17, 15) is 9.59 Å². The Morgan fingerprint density at radius 2 is 1.94 bits per heavy atom. The van der Waals surface area contributed by atoms with Crippen LogP contribution in [0.15, 0.2) is 34.9 Å². The van der Waals surface area contributed by atoms with Gasteiger partial charge in [0.1, 0.15) is 6.04 Å². The fourth-order valence-electron chi connectivity index (χ4n) is 1.09. The van der Waals surface area contributed by atoms with Crippen LogP contribution in [0, 0.1) is 0 Å². The largest absolute Gasteiger partial charge is 0.480 e. The zero-order chi connectivity index (χ0) is 13.5. The Hall–Kier alpha value is -1.82. The molecule has 0 saturated carbocycles. The molecule has 0 aliphatic rings. The highest BCUT2D eigenvalue weighted by molar-refractivity contribution is 9.10. The number of urea groups is 1. The Morgan fingerprint density at radius 1 is 1.33 bits per heavy atom. The summed E-state index contributed by atoms with van der Waals surface area (Å²) in [6.07, 6.45) is 3.16. The number of rotatable bonds is 4. The molecule has 0 fully saturated rings. The first kappa shape index (κ1) is 14.2. The number of carbonyl (C=O) groups excluding carboxylic acids is 1. The van der Waals surface area contributed by atoms with Crippen molar-refractivity contribution >= 4 is 34.0 Å². The number of hydrogen-bond acceptors (Lipinski definition) is 2. The number of carbonyl (C=O) groups is 2. The molecule has 1 aromatic carbocycles. The van der Waals surface area contributed by atoms with Crippen molar-refractivity contribution in [2.24, 2.45) is 0 Å². The minimum atomic E-state index is -1.08. The van der Waals surface area contributed by atoms with Crippen molar-refractivity contribution in [3.05, 3.63) is 40.5 Å². The average molecular weight is 313 g/mol. The van der Waals surface area contributed by atoms with Crippen LogP contribution in [0.4, 0.5) is 4.79 Å². The van der Waals surface area contributed by atoms with Crippen molar-refractivity contribution in [1.29, 1.82) is 0 Å². The number of amides is 2. The maximum absolute atomic E-state index is 11.3. The summed E-state index contributed by atoms with van der Waals surface area (Å²) in [6, 6.07) is 6.03. The van der Waals surface area contributed by atoms with Crippen LogP contribution < -0.4 is 10.6 Å². The highest BCUT2D eigenvalue weighted by Crippen LogP contribution is 2.11. The first-order chi connectivity index (χ1) is 8.49. The lowest BCUT2D eigenvalue weighted by Crippen LogP contribution is -2.42. The van der Waals surface area contributed by atoms with Crippen LogP contribution in [0.2, 0.25) is 0 Å². The third-order valence-corrected chi connectivity index (χ3v) is 2.61. The minimum absolute atomic E-state index is 0.557. The van der Waals surface area contributed by atoms with Crippen LogP contribution in [0.1, 0.15) is 12.5 Å². The molecule has 2 amide bonds. The topological polar surface area (TPSA) is 78.4 Å². The Kier molecular flexibility index (Phi) is 5.38. The normalized spacial score (nSPS) is 12.1. The summed E-state index contributed by atoms with van der Waals surface area (Å²) in [5.74, 6) is -1.08. The fourth-order valence-corrected chi connectivity index (χ4v) is 1.35. The standard InChI is InChI=1S/C12H13BrN2O3/c1-8(11(16)17)15-12(18)14-7-6-9-2-4-10(13)5-3-9/h2-8H,1H3,(H,16,17)(H2,14,15,18)/b7-6+. The molecule has 18 heavy (non-hydrogen) atoms. The third-order valence-electron chi connectivity index (χ3n) is 2.08. The van der Waals surface area contributed by atoms with Crippen molar-refractivity contribution in [2.45, 2.75) is 13.0 Å². The number of nitrogens with one attached hydrogen (secondary N) is 2. The van der Waals surface area contributed by atoms with Crippen LogP contribution >= 0.6 is 15.9 Å². The fraction of sp³-hybridized carbons (Fsp3) is 0.167. The van der Waals surface area contributed by atoms with Gasteiger partial charge in [-0.3, -0.25) is 4.79 Å². The van der Waals surface area contributed by atoms with Gasteiger partial charge in [-0.1, -0.05) is 28.1 Å². The van der Waals surface area contributed by atoms with Crippen LogP contribution in [0.3, 0.4) is 0 Å². The molecule has 3 N–H and O–H groups in total. The molecule has 1 atom stereocenters. The van der Waals surface area contributed by atoms with Gasteiger partial charge in [0.15, 0.2) is 0 Å². The third kappa shape index (κ3) is 5.01. The maximum Gasteiger partial charge on any atom is 0.325 e. The molecule has 5 nitrogen and oxygen atoms in total. The molecular weight excluding hydrogens is 300 g/mol. The summed E-state index contributed by atoms with van der Waals surface area (Å²) in [4.78, 5) is 21.8. The second-order valence-corrected chi connectivity index (χ2v) is 4.48. The van der Waals surface area contributed by atoms with Crippen molar-refractivity contribution < 1.29 is 14.7 Å². The average Bonchev–Trinajstić information content (AvgIpc) is 2.31. The molecule has 1 unspecified atom stereocenters. The second-order valence-electron chi connectivity index (χ2n) is 3.56. The number of aliphatic carboxylic acids is 1. The van der Waals surface area contributed by atoms with Crippen LogP contribution in [-0.2, 0) is 4.79 Å². The predicted octanol–water partition coefficient (Wildman–Crippen LogP) is 2.19. The van der Waals surface area contributed by atoms with Crippen molar-refractivity contribution in [3.8, 4) is 0 Å². The lowest BCUT2D eigenvalue weighted by molar-refractivity contribution is -0.138. The quantitative estimate of drug-likeness (QED) is 0.797. The van der Waals surface area contributed by atoms with E-state index in [0.29, 0.717) is 0 Å². The molecule has 0 radical (unpaired) electrons. The van der Waals surface area contributed by atoms with Crippen molar-refractivity contribution in [1.82, 2.24) is 10.6 Å². The van der Waals surface area contributed by atoms with E-state index < -0.39 is 18.0 Å². The Bertz CT molecular complexity index is 457. The summed E-state index contributed by atoms with van der Waals surface area (Å²) in [6.45, 7) is 1.39. The summed E-state index contributed by atoms with van der Waals surface area (Å²) in [5.41, 5.74) is 0.921. The lowest BCUT2D eigenvalue weighted by atomic mass is 10.2. The van der Waals surface area contributed by atoms with Gasteiger partial charge >= 0.3 is 12.0 Å². The molecule has 6 heteroatoms. The summed E-state index contributed by atoms with van der Waals surface area (Å²) in [5, 5.41) is 13.3. The van der Waals surface area contributed by atoms with Crippen LogP contribution in [0.5, 0.6) is 0 Å². The van der Waals surface area contributed by atoms with Gasteiger partial charge in [-0.25, -0.2) is 4.79 Å².